The molecule has 0 radical (unpaired) electrons. The number of hydrogen-bond acceptors (Lipinski definition) is 3. The van der Waals surface area contributed by atoms with Crippen LogP contribution in [0.2, 0.25) is 0 Å². The van der Waals surface area contributed by atoms with Crippen molar-refractivity contribution in [2.75, 3.05) is 13.2 Å². The Bertz CT molecular complexity index is 133. The van der Waals surface area contributed by atoms with Crippen molar-refractivity contribution < 1.29 is 15.0 Å². The molecular formula is C7H12O3. The lowest BCUT2D eigenvalue weighted by Gasteiger charge is -2.02. The second-order valence-corrected chi connectivity index (χ2v) is 2.83. The fraction of sp³-hybridized carbons (Fsp3) is 0.857. The van der Waals surface area contributed by atoms with Crippen LogP contribution in [0.3, 0.4) is 0 Å². The van der Waals surface area contributed by atoms with Gasteiger partial charge in [-0.15, -0.1) is 0 Å². The number of carbonyl (C=O) groups excluding carboxylic acids is 1. The molecule has 2 unspecified atom stereocenters. The van der Waals surface area contributed by atoms with Crippen LogP contribution in [0.1, 0.15) is 12.8 Å². The maximum atomic E-state index is 10.9. The number of carbonyl (C=O) groups is 1. The normalized spacial score (nSPS) is 33.2. The third-order valence-electron chi connectivity index (χ3n) is 2.04. The molecule has 3 heteroatoms. The highest BCUT2D eigenvalue weighted by molar-refractivity contribution is 5.83. The summed E-state index contributed by atoms with van der Waals surface area (Å²) in [6.07, 6.45) is 1.10. The van der Waals surface area contributed by atoms with E-state index in [-0.39, 0.29) is 30.8 Å². The second kappa shape index (κ2) is 3.12. The van der Waals surface area contributed by atoms with Crippen molar-refractivity contribution in [3.8, 4) is 0 Å². The molecule has 0 bridgehead atoms. The molecule has 0 aromatic rings. The second-order valence-electron chi connectivity index (χ2n) is 2.83. The third-order valence-corrected chi connectivity index (χ3v) is 2.04. The minimum atomic E-state index is -0.197. The first-order valence-corrected chi connectivity index (χ1v) is 3.52. The van der Waals surface area contributed by atoms with Gasteiger partial charge in [-0.3, -0.25) is 4.79 Å². The van der Waals surface area contributed by atoms with Crippen LogP contribution in [0, 0.1) is 11.8 Å². The van der Waals surface area contributed by atoms with Gasteiger partial charge in [0, 0.05) is 18.9 Å². The van der Waals surface area contributed by atoms with Crippen LogP contribution < -0.4 is 0 Å². The van der Waals surface area contributed by atoms with Gasteiger partial charge in [0.2, 0.25) is 0 Å². The Balaban J connectivity index is 2.44. The van der Waals surface area contributed by atoms with Crippen LogP contribution in [-0.4, -0.2) is 29.2 Å². The molecule has 58 valence electrons. The first-order chi connectivity index (χ1) is 4.77. The average Bonchev–Trinajstić information content (AvgIpc) is 2.30. The Morgan fingerprint density at radius 3 is 2.40 bits per heavy atom. The molecule has 1 fully saturated rings. The number of rotatable bonds is 2. The summed E-state index contributed by atoms with van der Waals surface area (Å²) >= 11 is 0. The van der Waals surface area contributed by atoms with Crippen molar-refractivity contribution in [1.82, 2.24) is 0 Å². The molecule has 1 saturated carbocycles. The van der Waals surface area contributed by atoms with Gasteiger partial charge in [-0.2, -0.15) is 0 Å². The zero-order valence-electron chi connectivity index (χ0n) is 5.79. The fourth-order valence-electron chi connectivity index (χ4n) is 1.38. The van der Waals surface area contributed by atoms with E-state index < -0.39 is 0 Å². The molecule has 0 spiro atoms. The topological polar surface area (TPSA) is 57.5 Å². The van der Waals surface area contributed by atoms with Crippen LogP contribution in [0.4, 0.5) is 0 Å². The molecule has 1 aliphatic rings. The quantitative estimate of drug-likeness (QED) is 0.552. The van der Waals surface area contributed by atoms with Crippen molar-refractivity contribution in [3.63, 3.8) is 0 Å². The maximum Gasteiger partial charge on any atom is 0.138 e. The average molecular weight is 144 g/mol. The zero-order valence-corrected chi connectivity index (χ0v) is 5.79. The van der Waals surface area contributed by atoms with E-state index in [0.717, 1.165) is 0 Å². The predicted octanol–water partition coefficient (Wildman–Crippen LogP) is -0.434. The number of aliphatic hydroxyl groups is 2. The predicted molar refractivity (Wildman–Crippen MR) is 35.4 cm³/mol. The minimum Gasteiger partial charge on any atom is -0.396 e. The van der Waals surface area contributed by atoms with Gasteiger partial charge in [0.25, 0.3) is 0 Å². The van der Waals surface area contributed by atoms with Crippen molar-refractivity contribution in [2.24, 2.45) is 11.8 Å². The summed E-state index contributed by atoms with van der Waals surface area (Å²) in [6, 6.07) is 0. The fourth-order valence-corrected chi connectivity index (χ4v) is 1.38. The van der Waals surface area contributed by atoms with Crippen molar-refractivity contribution in [1.29, 1.82) is 0 Å². The summed E-state index contributed by atoms with van der Waals surface area (Å²) in [5, 5.41) is 17.3. The molecular weight excluding hydrogens is 132 g/mol. The van der Waals surface area contributed by atoms with Crippen LogP contribution in [0.5, 0.6) is 0 Å². The Morgan fingerprint density at radius 2 is 2.10 bits per heavy atom. The molecule has 0 aromatic carbocycles. The number of ketones is 1. The molecule has 3 nitrogen and oxygen atoms in total. The van der Waals surface area contributed by atoms with E-state index in [2.05, 4.69) is 0 Å². The first kappa shape index (κ1) is 7.69. The summed E-state index contributed by atoms with van der Waals surface area (Å²) < 4.78 is 0. The van der Waals surface area contributed by atoms with Crippen molar-refractivity contribution >= 4 is 5.78 Å². The van der Waals surface area contributed by atoms with Gasteiger partial charge in [0.1, 0.15) is 5.78 Å². The summed E-state index contributed by atoms with van der Waals surface area (Å²) in [7, 11) is 0. The van der Waals surface area contributed by atoms with E-state index in [1.807, 2.05) is 0 Å². The highest BCUT2D eigenvalue weighted by Crippen LogP contribution is 2.26. The monoisotopic (exact) mass is 144 g/mol. The number of Topliss-reactive ketones (excluding diaryl/α,β-unsaturated/α-hetero) is 1. The lowest BCUT2D eigenvalue weighted by atomic mass is 10.1. The molecule has 0 aromatic heterocycles. The van der Waals surface area contributed by atoms with Gasteiger partial charge in [0.05, 0.1) is 6.61 Å². The summed E-state index contributed by atoms with van der Waals surface area (Å²) in [4.78, 5) is 10.9. The van der Waals surface area contributed by atoms with Crippen LogP contribution in [-0.2, 0) is 4.79 Å². The van der Waals surface area contributed by atoms with Crippen molar-refractivity contribution in [3.05, 3.63) is 0 Å². The summed E-state index contributed by atoms with van der Waals surface area (Å²) in [6.45, 7) is 0.0115. The standard InChI is InChI=1S/C7H12O3/c8-3-5-1-6(4-9)7(10)2-5/h5-6,8-9H,1-4H2. The van der Waals surface area contributed by atoms with Gasteiger partial charge >= 0.3 is 0 Å². The molecule has 1 aliphatic carbocycles. The first-order valence-electron chi connectivity index (χ1n) is 3.52. The van der Waals surface area contributed by atoms with E-state index in [9.17, 15) is 4.79 Å². The Kier molecular flexibility index (Phi) is 2.40. The Hall–Kier alpha value is -0.410. The SMILES string of the molecule is O=C1CC(CO)CC1CO. The lowest BCUT2D eigenvalue weighted by molar-refractivity contribution is -0.121. The molecule has 0 amide bonds. The minimum absolute atomic E-state index is 0.0602. The molecule has 10 heavy (non-hydrogen) atoms. The van der Waals surface area contributed by atoms with Gasteiger partial charge < -0.3 is 10.2 Å². The van der Waals surface area contributed by atoms with Gasteiger partial charge in [0.15, 0.2) is 0 Å². The molecule has 2 N–H and O–H groups in total. The molecule has 1 rings (SSSR count). The van der Waals surface area contributed by atoms with Crippen LogP contribution in [0.15, 0.2) is 0 Å². The highest BCUT2D eigenvalue weighted by Gasteiger charge is 2.30. The largest absolute Gasteiger partial charge is 0.396 e. The Morgan fingerprint density at radius 1 is 1.40 bits per heavy atom. The third kappa shape index (κ3) is 1.36. The van der Waals surface area contributed by atoms with E-state index in [0.29, 0.717) is 12.8 Å². The molecule has 2 atom stereocenters. The summed E-state index contributed by atoms with van der Waals surface area (Å²) in [5.41, 5.74) is 0. The van der Waals surface area contributed by atoms with Gasteiger partial charge in [-0.05, 0) is 12.3 Å². The van der Waals surface area contributed by atoms with Crippen LogP contribution >= 0.6 is 0 Å². The van der Waals surface area contributed by atoms with Crippen molar-refractivity contribution in [2.45, 2.75) is 12.8 Å². The Labute approximate surface area is 59.7 Å². The summed E-state index contributed by atoms with van der Waals surface area (Å²) in [5.74, 6) is 0.00310. The highest BCUT2D eigenvalue weighted by atomic mass is 16.3. The number of aliphatic hydroxyl groups excluding tert-OH is 2. The smallest absolute Gasteiger partial charge is 0.138 e. The maximum absolute atomic E-state index is 10.9. The van der Waals surface area contributed by atoms with E-state index in [1.54, 1.807) is 0 Å². The van der Waals surface area contributed by atoms with E-state index in [4.69, 9.17) is 10.2 Å². The lowest BCUT2D eigenvalue weighted by Crippen LogP contribution is -2.10. The molecule has 0 heterocycles. The zero-order chi connectivity index (χ0) is 7.56. The van der Waals surface area contributed by atoms with E-state index >= 15 is 0 Å². The van der Waals surface area contributed by atoms with Gasteiger partial charge in [-0.25, -0.2) is 0 Å². The van der Waals surface area contributed by atoms with Gasteiger partial charge in [-0.1, -0.05) is 0 Å². The molecule has 0 aliphatic heterocycles. The van der Waals surface area contributed by atoms with Crippen LogP contribution in [0.25, 0.3) is 0 Å². The molecule has 0 saturated heterocycles. The van der Waals surface area contributed by atoms with E-state index in [1.165, 1.54) is 0 Å². The number of hydrogen-bond donors (Lipinski definition) is 2.